The molecule has 2 nitrogen and oxygen atoms in total. The predicted octanol–water partition coefficient (Wildman–Crippen LogP) is 5.23. The largest absolute Gasteiger partial charge is 0.393 e. The second kappa shape index (κ2) is 5.57. The summed E-state index contributed by atoms with van der Waals surface area (Å²) in [4.78, 5) is 12.7. The fraction of sp³-hybridized carbons (Fsp3) is 0.957. The van der Waals surface area contributed by atoms with Gasteiger partial charge in [0.1, 0.15) is 5.78 Å². The summed E-state index contributed by atoms with van der Waals surface area (Å²) >= 11 is 0. The molecule has 4 rings (SSSR count). The van der Waals surface area contributed by atoms with Crippen LogP contribution in [-0.4, -0.2) is 17.0 Å². The highest BCUT2D eigenvalue weighted by atomic mass is 16.3. The third-order valence-electron chi connectivity index (χ3n) is 10.5. The minimum atomic E-state index is -0.136. The minimum absolute atomic E-state index is 0.0593. The van der Waals surface area contributed by atoms with Crippen LogP contribution in [0.25, 0.3) is 0 Å². The van der Waals surface area contributed by atoms with Gasteiger partial charge < -0.3 is 5.11 Å². The first kappa shape index (κ1) is 18.0. The molecule has 2 heteroatoms. The first-order valence-corrected chi connectivity index (χ1v) is 10.8. The number of aliphatic hydroxyl groups excluding tert-OH is 1. The SMILES string of the molecule is CC(=O)[C@@]1(C)[C@H](C)C[C@H]2[C@@H]3CCC4CC(O)CC[C@]4(C)[C@H]3CC[C@@]21C. The van der Waals surface area contributed by atoms with Gasteiger partial charge in [-0.1, -0.05) is 27.7 Å². The van der Waals surface area contributed by atoms with Gasteiger partial charge in [0.25, 0.3) is 0 Å². The Morgan fingerprint density at radius 2 is 1.68 bits per heavy atom. The molecule has 0 aromatic heterocycles. The summed E-state index contributed by atoms with van der Waals surface area (Å²) in [5.74, 6) is 4.00. The maximum atomic E-state index is 12.7. The Morgan fingerprint density at radius 3 is 2.36 bits per heavy atom. The lowest BCUT2D eigenvalue weighted by Crippen LogP contribution is -2.56. The van der Waals surface area contributed by atoms with Crippen LogP contribution in [0.15, 0.2) is 0 Å². The number of hydrogen-bond acceptors (Lipinski definition) is 2. The molecule has 9 atom stereocenters. The summed E-state index contributed by atoms with van der Waals surface area (Å²) in [6, 6.07) is 0. The lowest BCUT2D eigenvalue weighted by atomic mass is 9.43. The Hall–Kier alpha value is -0.370. The van der Waals surface area contributed by atoms with E-state index < -0.39 is 0 Å². The van der Waals surface area contributed by atoms with Gasteiger partial charge in [-0.2, -0.15) is 0 Å². The zero-order chi connectivity index (χ0) is 18.2. The summed E-state index contributed by atoms with van der Waals surface area (Å²) in [5, 5.41) is 10.2. The van der Waals surface area contributed by atoms with Crippen molar-refractivity contribution in [3.63, 3.8) is 0 Å². The number of carbonyl (C=O) groups excluding carboxylic acids is 1. The fourth-order valence-electron chi connectivity index (χ4n) is 8.56. The van der Waals surface area contributed by atoms with Crippen molar-refractivity contribution in [1.29, 1.82) is 0 Å². The van der Waals surface area contributed by atoms with Crippen LogP contribution in [0, 0.1) is 45.8 Å². The minimum Gasteiger partial charge on any atom is -0.393 e. The Balaban J connectivity index is 1.67. The first-order valence-electron chi connectivity index (χ1n) is 10.8. The van der Waals surface area contributed by atoms with Crippen LogP contribution in [0.1, 0.15) is 86.0 Å². The van der Waals surface area contributed by atoms with Crippen molar-refractivity contribution < 1.29 is 9.90 Å². The summed E-state index contributed by atoms with van der Waals surface area (Å²) < 4.78 is 0. The molecule has 1 N–H and O–H groups in total. The maximum absolute atomic E-state index is 12.7. The molecule has 0 heterocycles. The van der Waals surface area contributed by atoms with Gasteiger partial charge in [0.15, 0.2) is 0 Å². The zero-order valence-electron chi connectivity index (χ0n) is 17.0. The van der Waals surface area contributed by atoms with Crippen LogP contribution in [-0.2, 0) is 4.79 Å². The highest BCUT2D eigenvalue weighted by molar-refractivity contribution is 5.83. The molecule has 0 spiro atoms. The van der Waals surface area contributed by atoms with Crippen molar-refractivity contribution >= 4 is 5.78 Å². The monoisotopic (exact) mass is 346 g/mol. The van der Waals surface area contributed by atoms with Crippen LogP contribution < -0.4 is 0 Å². The number of fused-ring (bicyclic) bond motifs is 5. The average Bonchev–Trinajstić information content (AvgIpc) is 2.77. The van der Waals surface area contributed by atoms with Crippen LogP contribution >= 0.6 is 0 Å². The second-order valence-electron chi connectivity index (χ2n) is 10.9. The van der Waals surface area contributed by atoms with E-state index in [0.717, 1.165) is 36.5 Å². The van der Waals surface area contributed by atoms with E-state index in [4.69, 9.17) is 0 Å². The van der Waals surface area contributed by atoms with E-state index in [1.54, 1.807) is 0 Å². The van der Waals surface area contributed by atoms with E-state index in [0.29, 0.717) is 17.1 Å². The van der Waals surface area contributed by atoms with Gasteiger partial charge in [-0.25, -0.2) is 0 Å². The molecule has 25 heavy (non-hydrogen) atoms. The number of hydrogen-bond donors (Lipinski definition) is 1. The third kappa shape index (κ3) is 2.15. The molecular weight excluding hydrogens is 308 g/mol. The molecule has 4 aliphatic rings. The molecule has 0 amide bonds. The molecule has 142 valence electrons. The smallest absolute Gasteiger partial charge is 0.136 e. The van der Waals surface area contributed by atoms with Gasteiger partial charge in [-0.15, -0.1) is 0 Å². The lowest BCUT2D eigenvalue weighted by molar-refractivity contribution is -0.152. The predicted molar refractivity (Wildman–Crippen MR) is 101 cm³/mol. The highest BCUT2D eigenvalue weighted by Gasteiger charge is 2.66. The molecule has 0 aliphatic heterocycles. The van der Waals surface area contributed by atoms with Crippen LogP contribution in [0.4, 0.5) is 0 Å². The fourth-order valence-corrected chi connectivity index (χ4v) is 8.56. The summed E-state index contributed by atoms with van der Waals surface area (Å²) in [5.41, 5.74) is 0.488. The first-order chi connectivity index (χ1) is 11.6. The number of ketones is 1. The Morgan fingerprint density at radius 1 is 0.960 bits per heavy atom. The molecule has 0 aromatic carbocycles. The van der Waals surface area contributed by atoms with E-state index in [1.165, 1.54) is 38.5 Å². The van der Waals surface area contributed by atoms with Crippen molar-refractivity contribution in [2.75, 3.05) is 0 Å². The van der Waals surface area contributed by atoms with Crippen molar-refractivity contribution in [2.24, 2.45) is 45.8 Å². The van der Waals surface area contributed by atoms with Crippen LogP contribution in [0.2, 0.25) is 0 Å². The topological polar surface area (TPSA) is 37.3 Å². The summed E-state index contributed by atoms with van der Waals surface area (Å²) in [6.45, 7) is 11.5. The number of aliphatic hydroxyl groups is 1. The Bertz CT molecular complexity index is 570. The molecule has 4 fully saturated rings. The van der Waals surface area contributed by atoms with Crippen molar-refractivity contribution in [3.05, 3.63) is 0 Å². The maximum Gasteiger partial charge on any atom is 0.136 e. The van der Waals surface area contributed by atoms with Gasteiger partial charge in [-0.3, -0.25) is 4.79 Å². The lowest BCUT2D eigenvalue weighted by Gasteiger charge is -2.61. The molecular formula is C23H38O2. The zero-order valence-corrected chi connectivity index (χ0v) is 17.0. The normalized spacial score (nSPS) is 58.2. The molecule has 0 aromatic rings. The molecule has 0 saturated heterocycles. The van der Waals surface area contributed by atoms with Crippen LogP contribution in [0.5, 0.6) is 0 Å². The Kier molecular flexibility index (Phi) is 4.01. The molecule has 0 radical (unpaired) electrons. The summed E-state index contributed by atoms with van der Waals surface area (Å²) in [6.07, 6.45) is 9.59. The van der Waals surface area contributed by atoms with E-state index >= 15 is 0 Å². The van der Waals surface area contributed by atoms with Gasteiger partial charge in [0.05, 0.1) is 6.10 Å². The highest BCUT2D eigenvalue weighted by Crippen LogP contribution is 2.71. The van der Waals surface area contributed by atoms with Crippen molar-refractivity contribution in [2.45, 2.75) is 92.1 Å². The molecule has 4 saturated carbocycles. The van der Waals surface area contributed by atoms with Crippen LogP contribution in [0.3, 0.4) is 0 Å². The van der Waals surface area contributed by atoms with E-state index in [2.05, 4.69) is 27.7 Å². The van der Waals surface area contributed by atoms with Gasteiger partial charge in [0.2, 0.25) is 0 Å². The van der Waals surface area contributed by atoms with Gasteiger partial charge in [0, 0.05) is 5.41 Å². The van der Waals surface area contributed by atoms with Crippen molar-refractivity contribution in [3.8, 4) is 0 Å². The molecule has 0 bridgehead atoms. The quantitative estimate of drug-likeness (QED) is 0.706. The van der Waals surface area contributed by atoms with Gasteiger partial charge in [-0.05, 0) is 98.7 Å². The average molecular weight is 347 g/mol. The number of Topliss-reactive ketones (excluding diaryl/α,β-unsaturated/α-hetero) is 1. The van der Waals surface area contributed by atoms with E-state index in [1.807, 2.05) is 6.92 Å². The van der Waals surface area contributed by atoms with Gasteiger partial charge >= 0.3 is 0 Å². The van der Waals surface area contributed by atoms with Crippen molar-refractivity contribution in [1.82, 2.24) is 0 Å². The second-order valence-corrected chi connectivity index (χ2v) is 10.9. The Labute approximate surface area is 154 Å². The molecule has 2 unspecified atom stereocenters. The standard InChI is InChI=1S/C23H38O2/c1-14-12-20-18-7-6-16-13-17(25)8-10-21(16,3)19(18)9-11-22(20,4)23(14,5)15(2)24/h14,16-20,25H,6-13H2,1-5H3/t14-,16?,17?,18-,19+,20+,21+,22+,23-/m1/s1. The number of carbonyl (C=O) groups is 1. The van der Waals surface area contributed by atoms with E-state index in [9.17, 15) is 9.90 Å². The molecule has 4 aliphatic carbocycles. The third-order valence-corrected chi connectivity index (χ3v) is 10.5. The summed E-state index contributed by atoms with van der Waals surface area (Å²) in [7, 11) is 0. The number of rotatable bonds is 1. The van der Waals surface area contributed by atoms with E-state index in [-0.39, 0.29) is 16.9 Å².